The number of halogens is 2. The molecule has 2 heterocycles. The van der Waals surface area contributed by atoms with Crippen LogP contribution in [0.25, 0.3) is 11.3 Å². The van der Waals surface area contributed by atoms with E-state index in [0.29, 0.717) is 15.9 Å². The minimum absolute atomic E-state index is 0.237. The first kappa shape index (κ1) is 22.8. The van der Waals surface area contributed by atoms with Crippen LogP contribution in [0.5, 0.6) is 0 Å². The molecule has 2 unspecified atom stereocenters. The average Bonchev–Trinajstić information content (AvgIpc) is 3.21. The summed E-state index contributed by atoms with van der Waals surface area (Å²) in [5.74, 6) is -2.24. The Labute approximate surface area is 184 Å². The topological polar surface area (TPSA) is 119 Å². The summed E-state index contributed by atoms with van der Waals surface area (Å²) in [7, 11) is 0. The van der Waals surface area contributed by atoms with Crippen molar-refractivity contribution in [2.75, 3.05) is 6.61 Å². The van der Waals surface area contributed by atoms with Crippen molar-refractivity contribution in [2.45, 2.75) is 45.3 Å². The summed E-state index contributed by atoms with van der Waals surface area (Å²) in [6.07, 6.45) is -4.13. The summed E-state index contributed by atoms with van der Waals surface area (Å²) >= 11 is 3.39. The minimum Gasteiger partial charge on any atom is -0.463 e. The fraction of sp³-hybridized carbons (Fsp3) is 0.421. The lowest BCUT2D eigenvalue weighted by Gasteiger charge is -2.23. The Balaban J connectivity index is 1.97. The van der Waals surface area contributed by atoms with E-state index in [1.54, 1.807) is 0 Å². The zero-order chi connectivity index (χ0) is 22.7. The highest BCUT2D eigenvalue weighted by Gasteiger charge is 2.51. The van der Waals surface area contributed by atoms with Gasteiger partial charge in [0.1, 0.15) is 28.8 Å². The highest BCUT2D eigenvalue weighted by atomic mass is 79.9. The molecular formula is C19H19BrFN3O7. The van der Waals surface area contributed by atoms with Crippen LogP contribution in [-0.4, -0.2) is 57.8 Å². The Hall–Kier alpha value is -2.86. The van der Waals surface area contributed by atoms with Gasteiger partial charge >= 0.3 is 17.9 Å². The van der Waals surface area contributed by atoms with Crippen LogP contribution < -0.4 is 0 Å². The van der Waals surface area contributed by atoms with Crippen molar-refractivity contribution in [2.24, 2.45) is 0 Å². The van der Waals surface area contributed by atoms with Gasteiger partial charge in [0.05, 0.1) is 0 Å². The fourth-order valence-electron chi connectivity index (χ4n) is 3.12. The van der Waals surface area contributed by atoms with Crippen LogP contribution in [0, 0.1) is 5.82 Å². The molecule has 0 radical (unpaired) electrons. The van der Waals surface area contributed by atoms with E-state index >= 15 is 0 Å². The van der Waals surface area contributed by atoms with E-state index in [-0.39, 0.29) is 6.61 Å². The number of hydrogen-bond acceptors (Lipinski definition) is 9. The van der Waals surface area contributed by atoms with Crippen LogP contribution >= 0.6 is 15.9 Å². The first-order valence-corrected chi connectivity index (χ1v) is 9.96. The zero-order valence-electron chi connectivity index (χ0n) is 16.8. The fourth-order valence-corrected chi connectivity index (χ4v) is 3.70. The molecule has 3 rings (SSSR count). The highest BCUT2D eigenvalue weighted by Crippen LogP contribution is 2.37. The predicted molar refractivity (Wildman–Crippen MR) is 105 cm³/mol. The van der Waals surface area contributed by atoms with E-state index in [4.69, 9.17) is 18.9 Å². The lowest BCUT2D eigenvalue weighted by molar-refractivity contribution is -0.166. The molecule has 0 amide bonds. The molecule has 1 saturated heterocycles. The number of hydrogen-bond donors (Lipinski definition) is 0. The third-order valence-corrected chi connectivity index (χ3v) is 5.08. The smallest absolute Gasteiger partial charge is 0.303 e. The number of nitrogens with zero attached hydrogens (tertiary/aromatic N) is 3. The second kappa shape index (κ2) is 9.52. The molecule has 12 heteroatoms. The summed E-state index contributed by atoms with van der Waals surface area (Å²) in [4.78, 5) is 34.6. The first-order valence-electron chi connectivity index (χ1n) is 9.17. The van der Waals surface area contributed by atoms with E-state index in [9.17, 15) is 18.8 Å². The molecule has 4 atom stereocenters. The molecule has 1 aromatic heterocycles. The molecular weight excluding hydrogens is 481 g/mol. The molecule has 1 aliphatic rings. The summed E-state index contributed by atoms with van der Waals surface area (Å²) in [5.41, 5.74) is 0.965. The Morgan fingerprint density at radius 2 is 1.68 bits per heavy atom. The van der Waals surface area contributed by atoms with Crippen molar-refractivity contribution >= 4 is 33.8 Å². The maximum Gasteiger partial charge on any atom is 0.303 e. The minimum atomic E-state index is -1.10. The zero-order valence-corrected chi connectivity index (χ0v) is 18.4. The van der Waals surface area contributed by atoms with Gasteiger partial charge in [-0.3, -0.25) is 14.4 Å². The second-order valence-electron chi connectivity index (χ2n) is 6.70. The van der Waals surface area contributed by atoms with Gasteiger partial charge in [0.15, 0.2) is 18.4 Å². The van der Waals surface area contributed by atoms with Crippen LogP contribution in [0.4, 0.5) is 4.39 Å². The molecule has 0 saturated carbocycles. The Bertz CT molecular complexity index is 981. The van der Waals surface area contributed by atoms with Crippen LogP contribution in [0.3, 0.4) is 0 Å². The summed E-state index contributed by atoms with van der Waals surface area (Å²) in [6, 6.07) is 5.61. The summed E-state index contributed by atoms with van der Waals surface area (Å²) < 4.78 is 36.5. The van der Waals surface area contributed by atoms with Gasteiger partial charge in [-0.2, -0.15) is 0 Å². The number of carbonyl (C=O) groups is 3. The third-order valence-electron chi connectivity index (χ3n) is 4.34. The molecule has 0 N–H and O–H groups in total. The van der Waals surface area contributed by atoms with Crippen molar-refractivity contribution < 1.29 is 37.7 Å². The van der Waals surface area contributed by atoms with Gasteiger partial charge in [-0.1, -0.05) is 5.21 Å². The van der Waals surface area contributed by atoms with E-state index in [2.05, 4.69) is 26.2 Å². The number of ether oxygens (including phenoxy) is 4. The maximum absolute atomic E-state index is 13.2. The van der Waals surface area contributed by atoms with Crippen molar-refractivity contribution in [1.29, 1.82) is 0 Å². The Morgan fingerprint density at radius 3 is 2.26 bits per heavy atom. The van der Waals surface area contributed by atoms with Crippen molar-refractivity contribution in [3.8, 4) is 11.3 Å². The van der Waals surface area contributed by atoms with Crippen LogP contribution in [0.1, 0.15) is 27.0 Å². The summed E-state index contributed by atoms with van der Waals surface area (Å²) in [6.45, 7) is 3.37. The van der Waals surface area contributed by atoms with Gasteiger partial charge in [-0.25, -0.2) is 9.07 Å². The maximum atomic E-state index is 13.2. The quantitative estimate of drug-likeness (QED) is 0.434. The molecule has 1 aromatic carbocycles. The van der Waals surface area contributed by atoms with Gasteiger partial charge in [0.25, 0.3) is 0 Å². The van der Waals surface area contributed by atoms with Crippen molar-refractivity contribution in [3.05, 3.63) is 34.7 Å². The van der Waals surface area contributed by atoms with Gasteiger partial charge in [0.2, 0.25) is 0 Å². The van der Waals surface area contributed by atoms with Gasteiger partial charge in [-0.05, 0) is 40.2 Å². The molecule has 2 aromatic rings. The Kier molecular flexibility index (Phi) is 7.01. The second-order valence-corrected chi connectivity index (χ2v) is 7.45. The molecule has 1 aliphatic heterocycles. The predicted octanol–water partition coefficient (Wildman–Crippen LogP) is 2.17. The largest absolute Gasteiger partial charge is 0.463 e. The van der Waals surface area contributed by atoms with Gasteiger partial charge in [-0.15, -0.1) is 5.10 Å². The number of carbonyl (C=O) groups excluding carboxylic acids is 3. The molecule has 0 aliphatic carbocycles. The first-order chi connectivity index (χ1) is 14.7. The number of benzene rings is 1. The van der Waals surface area contributed by atoms with Crippen molar-refractivity contribution in [3.63, 3.8) is 0 Å². The van der Waals surface area contributed by atoms with Crippen LogP contribution in [0.15, 0.2) is 28.9 Å². The lowest BCUT2D eigenvalue weighted by atomic mass is 10.1. The lowest BCUT2D eigenvalue weighted by Crippen LogP contribution is -2.40. The normalized spacial score (nSPS) is 22.7. The molecule has 1 fully saturated rings. The highest BCUT2D eigenvalue weighted by molar-refractivity contribution is 9.10. The van der Waals surface area contributed by atoms with Gasteiger partial charge < -0.3 is 18.9 Å². The number of esters is 3. The van der Waals surface area contributed by atoms with Gasteiger partial charge in [0, 0.05) is 26.3 Å². The molecule has 0 spiro atoms. The molecule has 166 valence electrons. The summed E-state index contributed by atoms with van der Waals surface area (Å²) in [5, 5.41) is 8.15. The number of aromatic nitrogens is 3. The van der Waals surface area contributed by atoms with Crippen LogP contribution in [0.2, 0.25) is 0 Å². The molecule has 31 heavy (non-hydrogen) atoms. The number of rotatable bonds is 6. The molecule has 10 nitrogen and oxygen atoms in total. The molecule has 0 bridgehead atoms. The SMILES string of the molecule is CC(=O)OC[C@H]1O[C@@H](n2nnc(-c3ccc(F)cc3)c2Br)C(OC(C)=O)C1OC(C)=O. The van der Waals surface area contributed by atoms with E-state index in [1.165, 1.54) is 49.7 Å². The van der Waals surface area contributed by atoms with Crippen molar-refractivity contribution in [1.82, 2.24) is 15.0 Å². The monoisotopic (exact) mass is 499 g/mol. The van der Waals surface area contributed by atoms with E-state index in [0.717, 1.165) is 0 Å². The van der Waals surface area contributed by atoms with E-state index in [1.807, 2.05) is 0 Å². The van der Waals surface area contributed by atoms with Crippen LogP contribution in [-0.2, 0) is 33.3 Å². The Morgan fingerprint density at radius 1 is 1.06 bits per heavy atom. The third kappa shape index (κ3) is 5.25. The van der Waals surface area contributed by atoms with E-state index < -0.39 is 48.3 Å². The standard InChI is InChI=1S/C19H19BrFN3O7/c1-9(25)28-8-14-16(29-10(2)26)17(30-11(3)27)19(31-14)24-18(20)15(22-23-24)12-4-6-13(21)7-5-12/h4-7,14,16-17,19H,8H2,1-3H3/t14-,16?,17?,19-/m1/s1. The average molecular weight is 500 g/mol.